The molecular formula is C26H32N2O3. The van der Waals surface area contributed by atoms with Crippen molar-refractivity contribution in [2.24, 2.45) is 5.41 Å². The first-order valence-electron chi connectivity index (χ1n) is 10.7. The highest BCUT2D eigenvalue weighted by Crippen LogP contribution is 2.29. The number of methoxy groups -OCH3 is 1. The summed E-state index contributed by atoms with van der Waals surface area (Å²) in [5.41, 5.74) is 2.87. The third kappa shape index (κ3) is 6.18. The van der Waals surface area contributed by atoms with Crippen LogP contribution in [-0.2, 0) is 20.9 Å². The van der Waals surface area contributed by atoms with E-state index in [1.54, 1.807) is 11.0 Å². The number of nitrogens with zero attached hydrogens (tertiary/aromatic N) is 2. The van der Waals surface area contributed by atoms with Gasteiger partial charge in [0.1, 0.15) is 6.04 Å². The Hall–Kier alpha value is -3.13. The van der Waals surface area contributed by atoms with Crippen molar-refractivity contribution in [1.29, 1.82) is 5.26 Å². The average Bonchev–Trinajstić information content (AvgIpc) is 2.76. The molecule has 164 valence electrons. The van der Waals surface area contributed by atoms with Gasteiger partial charge in [-0.05, 0) is 34.6 Å². The first kappa shape index (κ1) is 24.1. The molecule has 1 amide bonds. The predicted molar refractivity (Wildman–Crippen MR) is 122 cm³/mol. The summed E-state index contributed by atoms with van der Waals surface area (Å²) in [6, 6.07) is 16.8. The van der Waals surface area contributed by atoms with Crippen molar-refractivity contribution < 1.29 is 14.3 Å². The molecule has 5 heteroatoms. The zero-order valence-corrected chi connectivity index (χ0v) is 19.1. The van der Waals surface area contributed by atoms with Crippen molar-refractivity contribution >= 4 is 11.9 Å². The molecule has 0 aromatic heterocycles. The summed E-state index contributed by atoms with van der Waals surface area (Å²) in [5.74, 6) is -0.456. The number of unbranched alkanes of at least 4 members (excludes halogenated alkanes) is 1. The van der Waals surface area contributed by atoms with Crippen LogP contribution in [0.25, 0.3) is 11.1 Å². The van der Waals surface area contributed by atoms with Crippen molar-refractivity contribution in [2.45, 2.75) is 59.5 Å². The van der Waals surface area contributed by atoms with Gasteiger partial charge in [0.2, 0.25) is 5.91 Å². The number of amides is 1. The minimum Gasteiger partial charge on any atom is -0.467 e. The molecule has 0 aliphatic rings. The number of carbonyl (C=O) groups excluding carboxylic acids is 2. The molecular weight excluding hydrogens is 388 g/mol. The lowest BCUT2D eigenvalue weighted by molar-refractivity contribution is -0.158. The van der Waals surface area contributed by atoms with Crippen molar-refractivity contribution in [2.75, 3.05) is 7.11 Å². The molecule has 1 atom stereocenters. The van der Waals surface area contributed by atoms with Crippen LogP contribution in [0.15, 0.2) is 48.5 Å². The lowest BCUT2D eigenvalue weighted by Gasteiger charge is -2.38. The van der Waals surface area contributed by atoms with E-state index in [4.69, 9.17) is 4.74 Å². The van der Waals surface area contributed by atoms with E-state index in [-0.39, 0.29) is 5.91 Å². The van der Waals surface area contributed by atoms with Crippen LogP contribution in [0.4, 0.5) is 0 Å². The Morgan fingerprint density at radius 1 is 1.10 bits per heavy atom. The zero-order chi connectivity index (χ0) is 23.0. The zero-order valence-electron chi connectivity index (χ0n) is 19.1. The van der Waals surface area contributed by atoms with Gasteiger partial charge in [0.25, 0.3) is 0 Å². The predicted octanol–water partition coefficient (Wildman–Crippen LogP) is 5.33. The second-order valence-corrected chi connectivity index (χ2v) is 8.77. The maximum Gasteiger partial charge on any atom is 0.329 e. The van der Waals surface area contributed by atoms with E-state index in [2.05, 4.69) is 6.07 Å². The van der Waals surface area contributed by atoms with Gasteiger partial charge in [-0.2, -0.15) is 5.26 Å². The van der Waals surface area contributed by atoms with Gasteiger partial charge in [-0.1, -0.05) is 76.6 Å². The van der Waals surface area contributed by atoms with Crippen LogP contribution in [-0.4, -0.2) is 29.9 Å². The summed E-state index contributed by atoms with van der Waals surface area (Å²) in [6.45, 7) is 8.18. The molecule has 2 aromatic rings. The summed E-state index contributed by atoms with van der Waals surface area (Å²) in [6.07, 6.45) is 2.08. The van der Waals surface area contributed by atoms with E-state index in [1.165, 1.54) is 7.11 Å². The fourth-order valence-corrected chi connectivity index (χ4v) is 3.67. The van der Waals surface area contributed by atoms with E-state index >= 15 is 0 Å². The standard InChI is InChI=1S/C26H32N2O3/c1-6-7-12-23(29)28(24(25(30)31-5)26(2,3)4)18-19-13-15-20(16-14-19)22-11-9-8-10-21(22)17-27/h8-11,13-16,24H,6-7,12,18H2,1-5H3/t24-/m1/s1. The van der Waals surface area contributed by atoms with E-state index in [9.17, 15) is 14.9 Å². The highest BCUT2D eigenvalue weighted by molar-refractivity contribution is 5.85. The second kappa shape index (κ2) is 10.8. The molecule has 0 heterocycles. The SMILES string of the molecule is CCCCC(=O)N(Cc1ccc(-c2ccccc2C#N)cc1)[C@H](C(=O)OC)C(C)(C)C. The molecule has 0 N–H and O–H groups in total. The smallest absolute Gasteiger partial charge is 0.329 e. The van der Waals surface area contributed by atoms with Crippen molar-refractivity contribution in [3.05, 3.63) is 59.7 Å². The maximum absolute atomic E-state index is 13.1. The van der Waals surface area contributed by atoms with Crippen LogP contribution in [0.5, 0.6) is 0 Å². The van der Waals surface area contributed by atoms with Crippen molar-refractivity contribution in [3.8, 4) is 17.2 Å². The summed E-state index contributed by atoms with van der Waals surface area (Å²) in [7, 11) is 1.36. The van der Waals surface area contributed by atoms with Crippen molar-refractivity contribution in [3.63, 3.8) is 0 Å². The molecule has 0 bridgehead atoms. The normalized spacial score (nSPS) is 12.0. The number of hydrogen-bond acceptors (Lipinski definition) is 4. The van der Waals surface area contributed by atoms with Crippen LogP contribution in [0.1, 0.15) is 58.1 Å². The Labute approximate surface area is 185 Å². The van der Waals surface area contributed by atoms with Gasteiger partial charge in [-0.25, -0.2) is 4.79 Å². The fourth-order valence-electron chi connectivity index (χ4n) is 3.67. The van der Waals surface area contributed by atoms with Crippen LogP contribution in [0.3, 0.4) is 0 Å². The van der Waals surface area contributed by atoms with Crippen molar-refractivity contribution in [1.82, 2.24) is 4.90 Å². The third-order valence-electron chi connectivity index (χ3n) is 5.29. The highest BCUT2D eigenvalue weighted by atomic mass is 16.5. The number of ether oxygens (including phenoxy) is 1. The van der Waals surface area contributed by atoms with E-state index < -0.39 is 17.4 Å². The number of carbonyl (C=O) groups is 2. The number of hydrogen-bond donors (Lipinski definition) is 0. The molecule has 0 unspecified atom stereocenters. The summed E-state index contributed by atoms with van der Waals surface area (Å²) in [4.78, 5) is 27.4. The molecule has 0 saturated carbocycles. The van der Waals surface area contributed by atoms with Crippen LogP contribution in [0, 0.1) is 16.7 Å². The first-order valence-corrected chi connectivity index (χ1v) is 10.7. The van der Waals surface area contributed by atoms with E-state index in [0.29, 0.717) is 18.5 Å². The number of esters is 1. The largest absolute Gasteiger partial charge is 0.467 e. The van der Waals surface area contributed by atoms with Gasteiger partial charge < -0.3 is 9.64 Å². The Kier molecular flexibility index (Phi) is 8.38. The monoisotopic (exact) mass is 420 g/mol. The Balaban J connectivity index is 2.37. The van der Waals surface area contributed by atoms with E-state index in [0.717, 1.165) is 29.5 Å². The van der Waals surface area contributed by atoms with Gasteiger partial charge in [0.05, 0.1) is 18.7 Å². The quantitative estimate of drug-likeness (QED) is 0.541. The minimum atomic E-state index is -0.680. The van der Waals surface area contributed by atoms with Gasteiger partial charge in [0.15, 0.2) is 0 Å². The molecule has 0 radical (unpaired) electrons. The Morgan fingerprint density at radius 2 is 1.74 bits per heavy atom. The molecule has 5 nitrogen and oxygen atoms in total. The molecule has 0 saturated heterocycles. The Morgan fingerprint density at radius 3 is 2.29 bits per heavy atom. The van der Waals surface area contributed by atoms with Crippen LogP contribution >= 0.6 is 0 Å². The van der Waals surface area contributed by atoms with Crippen LogP contribution < -0.4 is 0 Å². The lowest BCUT2D eigenvalue weighted by atomic mass is 9.85. The average molecular weight is 421 g/mol. The Bertz CT molecular complexity index is 936. The second-order valence-electron chi connectivity index (χ2n) is 8.77. The summed E-state index contributed by atoms with van der Waals surface area (Å²) >= 11 is 0. The van der Waals surface area contributed by atoms with Gasteiger partial charge >= 0.3 is 5.97 Å². The maximum atomic E-state index is 13.1. The van der Waals surface area contributed by atoms with Gasteiger partial charge in [-0.3, -0.25) is 4.79 Å². The molecule has 31 heavy (non-hydrogen) atoms. The molecule has 0 fully saturated rings. The number of benzene rings is 2. The topological polar surface area (TPSA) is 70.4 Å². The molecule has 0 spiro atoms. The minimum absolute atomic E-state index is 0.0499. The third-order valence-corrected chi connectivity index (χ3v) is 5.29. The molecule has 2 aromatic carbocycles. The summed E-state index contributed by atoms with van der Waals surface area (Å²) < 4.78 is 5.05. The number of nitriles is 1. The number of rotatable bonds is 8. The van der Waals surface area contributed by atoms with Gasteiger partial charge in [0, 0.05) is 13.0 Å². The van der Waals surface area contributed by atoms with E-state index in [1.807, 2.05) is 70.2 Å². The summed E-state index contributed by atoms with van der Waals surface area (Å²) in [5, 5.41) is 9.36. The van der Waals surface area contributed by atoms with Gasteiger partial charge in [-0.15, -0.1) is 0 Å². The fraction of sp³-hybridized carbons (Fsp3) is 0.423. The highest BCUT2D eigenvalue weighted by Gasteiger charge is 2.39. The molecule has 0 aliphatic carbocycles. The molecule has 0 aliphatic heterocycles. The lowest BCUT2D eigenvalue weighted by Crippen LogP contribution is -2.52. The van der Waals surface area contributed by atoms with Crippen LogP contribution in [0.2, 0.25) is 0 Å². The first-order chi connectivity index (χ1) is 14.7. The molecule has 2 rings (SSSR count).